The molecule has 27 heavy (non-hydrogen) atoms. The van der Waals surface area contributed by atoms with E-state index < -0.39 is 23.0 Å². The van der Waals surface area contributed by atoms with Crippen molar-refractivity contribution in [3.63, 3.8) is 0 Å². The number of ketones is 1. The van der Waals surface area contributed by atoms with Gasteiger partial charge in [0.05, 0.1) is 13.2 Å². The molecule has 2 aliphatic rings. The van der Waals surface area contributed by atoms with Crippen molar-refractivity contribution in [2.45, 2.75) is 31.0 Å². The molecule has 0 bridgehead atoms. The van der Waals surface area contributed by atoms with Gasteiger partial charge in [-0.1, -0.05) is 6.07 Å². The summed E-state index contributed by atoms with van der Waals surface area (Å²) in [5.41, 5.74) is 11.1. The van der Waals surface area contributed by atoms with E-state index in [-0.39, 0.29) is 12.6 Å². The number of nitrogens with two attached hydrogens (primary N) is 2. The number of hydrogen-bond donors (Lipinski definition) is 2. The average molecular weight is 378 g/mol. The number of morpholine rings is 1. The molecule has 1 aromatic rings. The SMILES string of the molecule is CN1CCC(N2CCOCC2)CC1(C(=O)C(N)=O)c1ccc(F)cc1CN. The summed E-state index contributed by atoms with van der Waals surface area (Å²) in [6, 6.07) is 4.30. The summed E-state index contributed by atoms with van der Waals surface area (Å²) in [7, 11) is 1.81. The van der Waals surface area contributed by atoms with Gasteiger partial charge in [0.15, 0.2) is 0 Å². The lowest BCUT2D eigenvalue weighted by Gasteiger charge is -2.50. The Hall–Kier alpha value is -1.87. The molecular formula is C19H27FN4O3. The molecule has 2 unspecified atom stereocenters. The smallest absolute Gasteiger partial charge is 0.287 e. The van der Waals surface area contributed by atoms with Crippen molar-refractivity contribution in [2.75, 3.05) is 39.9 Å². The van der Waals surface area contributed by atoms with Crippen molar-refractivity contribution in [3.8, 4) is 0 Å². The first-order chi connectivity index (χ1) is 12.9. The second kappa shape index (κ2) is 8.02. The number of piperidine rings is 1. The van der Waals surface area contributed by atoms with Gasteiger partial charge in [0.2, 0.25) is 5.78 Å². The molecule has 7 nitrogen and oxygen atoms in total. The number of ether oxygens (including phenoxy) is 1. The van der Waals surface area contributed by atoms with E-state index in [9.17, 15) is 14.0 Å². The van der Waals surface area contributed by atoms with Gasteiger partial charge in [-0.3, -0.25) is 19.4 Å². The summed E-state index contributed by atoms with van der Waals surface area (Å²) in [5.74, 6) is -2.09. The van der Waals surface area contributed by atoms with Gasteiger partial charge in [0.1, 0.15) is 11.4 Å². The Balaban J connectivity index is 2.08. The molecule has 4 N–H and O–H groups in total. The Morgan fingerprint density at radius 3 is 2.63 bits per heavy atom. The van der Waals surface area contributed by atoms with E-state index in [0.717, 1.165) is 19.5 Å². The minimum atomic E-state index is -1.24. The van der Waals surface area contributed by atoms with E-state index in [0.29, 0.717) is 37.3 Å². The second-order valence-electron chi connectivity index (χ2n) is 7.28. The van der Waals surface area contributed by atoms with Crippen molar-refractivity contribution in [1.82, 2.24) is 9.80 Å². The highest BCUT2D eigenvalue weighted by Gasteiger charge is 2.51. The maximum Gasteiger partial charge on any atom is 0.287 e. The number of likely N-dealkylation sites (tertiary alicyclic amines) is 1. The third-order valence-corrected chi connectivity index (χ3v) is 5.87. The van der Waals surface area contributed by atoms with E-state index in [2.05, 4.69) is 4.90 Å². The molecule has 2 fully saturated rings. The molecule has 0 aliphatic carbocycles. The molecule has 1 amide bonds. The van der Waals surface area contributed by atoms with Crippen LogP contribution in [0, 0.1) is 5.82 Å². The number of rotatable bonds is 5. The molecule has 0 saturated carbocycles. The van der Waals surface area contributed by atoms with Gasteiger partial charge in [0.25, 0.3) is 5.91 Å². The summed E-state index contributed by atoms with van der Waals surface area (Å²) in [6.07, 6.45) is 1.27. The number of Topliss-reactive ketones (excluding diaryl/α,β-unsaturated/α-hetero) is 1. The van der Waals surface area contributed by atoms with Crippen LogP contribution in [-0.2, 0) is 26.4 Å². The van der Waals surface area contributed by atoms with Crippen LogP contribution in [-0.4, -0.2) is 67.4 Å². The fourth-order valence-corrected chi connectivity index (χ4v) is 4.43. The molecule has 0 radical (unpaired) electrons. The van der Waals surface area contributed by atoms with Crippen molar-refractivity contribution < 1.29 is 18.7 Å². The van der Waals surface area contributed by atoms with Crippen LogP contribution in [0.4, 0.5) is 4.39 Å². The fourth-order valence-electron chi connectivity index (χ4n) is 4.43. The van der Waals surface area contributed by atoms with Crippen LogP contribution < -0.4 is 11.5 Å². The maximum absolute atomic E-state index is 13.8. The second-order valence-corrected chi connectivity index (χ2v) is 7.28. The Bertz CT molecular complexity index is 723. The summed E-state index contributed by atoms with van der Waals surface area (Å²) < 4.78 is 19.2. The van der Waals surface area contributed by atoms with E-state index in [1.54, 1.807) is 13.1 Å². The van der Waals surface area contributed by atoms with Crippen molar-refractivity contribution in [3.05, 3.63) is 35.1 Å². The quantitative estimate of drug-likeness (QED) is 0.697. The van der Waals surface area contributed by atoms with Crippen LogP contribution >= 0.6 is 0 Å². The lowest BCUT2D eigenvalue weighted by molar-refractivity contribution is -0.147. The predicted octanol–water partition coefficient (Wildman–Crippen LogP) is -0.0395. The summed E-state index contributed by atoms with van der Waals surface area (Å²) >= 11 is 0. The number of hydrogen-bond acceptors (Lipinski definition) is 6. The Kier molecular flexibility index (Phi) is 5.90. The molecule has 2 atom stereocenters. The number of primary amides is 1. The number of likely N-dealkylation sites (N-methyl/N-ethyl adjacent to an activating group) is 1. The molecule has 3 rings (SSSR count). The molecule has 2 saturated heterocycles. The predicted molar refractivity (Wildman–Crippen MR) is 98.2 cm³/mol. The average Bonchev–Trinajstić information content (AvgIpc) is 2.68. The van der Waals surface area contributed by atoms with E-state index in [1.807, 2.05) is 4.90 Å². The van der Waals surface area contributed by atoms with Crippen LogP contribution in [0.3, 0.4) is 0 Å². The third kappa shape index (κ3) is 3.62. The molecule has 2 heterocycles. The van der Waals surface area contributed by atoms with Crippen molar-refractivity contribution >= 4 is 11.7 Å². The third-order valence-electron chi connectivity index (χ3n) is 5.87. The summed E-state index contributed by atoms with van der Waals surface area (Å²) in [5, 5.41) is 0. The number of carbonyl (C=O) groups excluding carboxylic acids is 2. The van der Waals surface area contributed by atoms with Gasteiger partial charge in [0, 0.05) is 32.2 Å². The minimum Gasteiger partial charge on any atom is -0.379 e. The van der Waals surface area contributed by atoms with E-state index >= 15 is 0 Å². The lowest BCUT2D eigenvalue weighted by Crippen LogP contribution is -2.62. The monoisotopic (exact) mass is 378 g/mol. The summed E-state index contributed by atoms with van der Waals surface area (Å²) in [6.45, 7) is 3.53. The number of halogens is 1. The van der Waals surface area contributed by atoms with Gasteiger partial charge >= 0.3 is 0 Å². The Morgan fingerprint density at radius 2 is 2.00 bits per heavy atom. The first kappa shape index (κ1) is 19.9. The maximum atomic E-state index is 13.8. The fraction of sp³-hybridized carbons (Fsp3) is 0.579. The zero-order chi connectivity index (χ0) is 19.6. The standard InChI is InChI=1S/C19H27FN4O3/c1-23-5-4-15(24-6-8-27-9-7-24)11-19(23,17(25)18(22)26)16-3-2-14(20)10-13(16)12-21/h2-3,10,15H,4-9,11-12,21H2,1H3,(H2,22,26). The van der Waals surface area contributed by atoms with Gasteiger partial charge in [-0.05, 0) is 43.1 Å². The molecule has 0 aromatic heterocycles. The first-order valence-electron chi connectivity index (χ1n) is 9.26. The van der Waals surface area contributed by atoms with Gasteiger partial charge < -0.3 is 16.2 Å². The van der Waals surface area contributed by atoms with E-state index in [1.165, 1.54) is 12.1 Å². The van der Waals surface area contributed by atoms with Crippen LogP contribution in [0.25, 0.3) is 0 Å². The Labute approximate surface area is 158 Å². The number of benzene rings is 1. The molecule has 2 aliphatic heterocycles. The highest BCUT2D eigenvalue weighted by molar-refractivity contribution is 6.39. The number of amides is 1. The van der Waals surface area contributed by atoms with Crippen molar-refractivity contribution in [2.24, 2.45) is 11.5 Å². The van der Waals surface area contributed by atoms with Gasteiger partial charge in [-0.25, -0.2) is 4.39 Å². The highest BCUT2D eigenvalue weighted by atomic mass is 19.1. The zero-order valence-electron chi connectivity index (χ0n) is 15.6. The molecule has 8 heteroatoms. The van der Waals surface area contributed by atoms with Crippen molar-refractivity contribution in [1.29, 1.82) is 0 Å². The normalized spacial score (nSPS) is 27.4. The Morgan fingerprint density at radius 1 is 1.30 bits per heavy atom. The van der Waals surface area contributed by atoms with Crippen LogP contribution in [0.5, 0.6) is 0 Å². The largest absolute Gasteiger partial charge is 0.379 e. The summed E-state index contributed by atoms with van der Waals surface area (Å²) in [4.78, 5) is 29.3. The number of carbonyl (C=O) groups is 2. The van der Waals surface area contributed by atoms with Crippen LogP contribution in [0.15, 0.2) is 18.2 Å². The van der Waals surface area contributed by atoms with Crippen LogP contribution in [0.2, 0.25) is 0 Å². The highest BCUT2D eigenvalue weighted by Crippen LogP contribution is 2.41. The molecule has 148 valence electrons. The topological polar surface area (TPSA) is 102 Å². The molecular weight excluding hydrogens is 351 g/mol. The zero-order valence-corrected chi connectivity index (χ0v) is 15.6. The van der Waals surface area contributed by atoms with Gasteiger partial charge in [-0.2, -0.15) is 0 Å². The lowest BCUT2D eigenvalue weighted by atomic mass is 9.73. The van der Waals surface area contributed by atoms with Crippen LogP contribution in [0.1, 0.15) is 24.0 Å². The molecule has 0 spiro atoms. The first-order valence-corrected chi connectivity index (χ1v) is 9.26. The van der Waals surface area contributed by atoms with Gasteiger partial charge in [-0.15, -0.1) is 0 Å². The van der Waals surface area contributed by atoms with E-state index in [4.69, 9.17) is 16.2 Å². The molecule has 1 aromatic carbocycles. The minimum absolute atomic E-state index is 0.0664. The number of nitrogens with zero attached hydrogens (tertiary/aromatic N) is 2.